The second-order valence-electron chi connectivity index (χ2n) is 6.13. The number of esters is 1. The number of ether oxygens (including phenoxy) is 3. The summed E-state index contributed by atoms with van der Waals surface area (Å²) in [6.07, 6.45) is 0.472. The van der Waals surface area contributed by atoms with Gasteiger partial charge in [0.25, 0.3) is 5.69 Å². The van der Waals surface area contributed by atoms with E-state index in [1.807, 2.05) is 0 Å². The van der Waals surface area contributed by atoms with Gasteiger partial charge < -0.3 is 19.5 Å². The Labute approximate surface area is 171 Å². The molecule has 0 spiro atoms. The van der Waals surface area contributed by atoms with Crippen LogP contribution >= 0.6 is 0 Å². The second-order valence-corrected chi connectivity index (χ2v) is 6.13. The first-order valence-electron chi connectivity index (χ1n) is 8.94. The third-order valence-corrected chi connectivity index (χ3v) is 4.04. The molecule has 160 valence electrons. The van der Waals surface area contributed by atoms with Crippen molar-refractivity contribution in [1.29, 1.82) is 0 Å². The normalized spacial score (nSPS) is 10.2. The molecule has 0 aliphatic rings. The van der Waals surface area contributed by atoms with Gasteiger partial charge >= 0.3 is 5.97 Å². The Hall–Kier alpha value is -3.69. The number of carbonyl (C=O) groups is 2. The SMILES string of the molecule is COC(=O)c1cc(OCCCNC(=O)Cc2cccc(F)c2)c(OC)cc1[N+](=O)[O-]. The minimum atomic E-state index is -0.876. The number of nitro benzene ring substituents is 1. The minimum absolute atomic E-state index is 0.0529. The Kier molecular flexibility index (Phi) is 8.09. The van der Waals surface area contributed by atoms with E-state index in [2.05, 4.69) is 10.1 Å². The Morgan fingerprint density at radius 1 is 1.17 bits per heavy atom. The van der Waals surface area contributed by atoms with E-state index in [0.29, 0.717) is 18.5 Å². The Bertz CT molecular complexity index is 933. The molecule has 0 bridgehead atoms. The van der Waals surface area contributed by atoms with Gasteiger partial charge in [-0.15, -0.1) is 0 Å². The van der Waals surface area contributed by atoms with E-state index in [4.69, 9.17) is 9.47 Å². The molecule has 0 atom stereocenters. The summed E-state index contributed by atoms with van der Waals surface area (Å²) >= 11 is 0. The van der Waals surface area contributed by atoms with Crippen LogP contribution in [0.5, 0.6) is 11.5 Å². The lowest BCUT2D eigenvalue weighted by Gasteiger charge is -2.12. The lowest BCUT2D eigenvalue weighted by Crippen LogP contribution is -2.27. The van der Waals surface area contributed by atoms with E-state index >= 15 is 0 Å². The van der Waals surface area contributed by atoms with Gasteiger partial charge in [-0.05, 0) is 24.1 Å². The average Bonchev–Trinajstić information content (AvgIpc) is 2.72. The molecule has 10 heteroatoms. The van der Waals surface area contributed by atoms with Crippen LogP contribution in [0.15, 0.2) is 36.4 Å². The first-order valence-corrected chi connectivity index (χ1v) is 8.94. The molecule has 0 radical (unpaired) electrons. The summed E-state index contributed by atoms with van der Waals surface area (Å²) in [5, 5.41) is 13.9. The van der Waals surface area contributed by atoms with Crippen molar-refractivity contribution in [1.82, 2.24) is 5.32 Å². The monoisotopic (exact) mass is 420 g/mol. The van der Waals surface area contributed by atoms with Crippen LogP contribution in [0.2, 0.25) is 0 Å². The summed E-state index contributed by atoms with van der Waals surface area (Å²) in [6.45, 7) is 0.447. The van der Waals surface area contributed by atoms with Crippen molar-refractivity contribution in [2.75, 3.05) is 27.4 Å². The highest BCUT2D eigenvalue weighted by atomic mass is 19.1. The van der Waals surface area contributed by atoms with Crippen molar-refractivity contribution < 1.29 is 33.1 Å². The maximum atomic E-state index is 13.1. The van der Waals surface area contributed by atoms with Gasteiger partial charge in [-0.25, -0.2) is 9.18 Å². The fraction of sp³-hybridized carbons (Fsp3) is 0.300. The standard InChI is InChI=1S/C20H21FN2O7/c1-28-17-12-16(23(26)27)15(20(25)29-2)11-18(17)30-8-4-7-22-19(24)10-13-5-3-6-14(21)9-13/h3,5-6,9,11-12H,4,7-8,10H2,1-2H3,(H,22,24). The summed E-state index contributed by atoms with van der Waals surface area (Å²) in [7, 11) is 2.43. The lowest BCUT2D eigenvalue weighted by molar-refractivity contribution is -0.385. The highest BCUT2D eigenvalue weighted by Gasteiger charge is 2.25. The summed E-state index contributed by atoms with van der Waals surface area (Å²) in [4.78, 5) is 34.2. The number of nitrogens with zero attached hydrogens (tertiary/aromatic N) is 1. The number of methoxy groups -OCH3 is 2. The zero-order valence-electron chi connectivity index (χ0n) is 16.5. The summed E-state index contributed by atoms with van der Waals surface area (Å²) in [6, 6.07) is 8.06. The molecule has 0 aliphatic carbocycles. The highest BCUT2D eigenvalue weighted by molar-refractivity contribution is 5.95. The van der Waals surface area contributed by atoms with Crippen LogP contribution in [0.1, 0.15) is 22.3 Å². The maximum Gasteiger partial charge on any atom is 0.345 e. The van der Waals surface area contributed by atoms with Crippen molar-refractivity contribution >= 4 is 17.6 Å². The maximum absolute atomic E-state index is 13.1. The molecule has 2 rings (SSSR count). The first-order chi connectivity index (χ1) is 14.3. The number of hydrogen-bond acceptors (Lipinski definition) is 7. The Morgan fingerprint density at radius 2 is 1.93 bits per heavy atom. The van der Waals surface area contributed by atoms with Gasteiger partial charge in [-0.2, -0.15) is 0 Å². The first kappa shape index (κ1) is 22.6. The molecule has 0 saturated heterocycles. The van der Waals surface area contributed by atoms with Crippen molar-refractivity contribution in [2.45, 2.75) is 12.8 Å². The number of halogens is 1. The van der Waals surface area contributed by atoms with Gasteiger partial charge in [-0.1, -0.05) is 12.1 Å². The number of amides is 1. The van der Waals surface area contributed by atoms with Crippen LogP contribution in [0.3, 0.4) is 0 Å². The van der Waals surface area contributed by atoms with Gasteiger partial charge in [0.1, 0.15) is 11.4 Å². The second kappa shape index (κ2) is 10.7. The molecule has 2 aromatic rings. The van der Waals surface area contributed by atoms with E-state index in [-0.39, 0.29) is 36.0 Å². The zero-order valence-corrected chi connectivity index (χ0v) is 16.5. The predicted octanol–water partition coefficient (Wildman–Crippen LogP) is 2.66. The molecule has 0 aliphatic heterocycles. The van der Waals surface area contributed by atoms with Crippen LogP contribution in [0.4, 0.5) is 10.1 Å². The van der Waals surface area contributed by atoms with Crippen molar-refractivity contribution in [3.8, 4) is 11.5 Å². The predicted molar refractivity (Wildman–Crippen MR) is 104 cm³/mol. The van der Waals surface area contributed by atoms with Crippen LogP contribution in [-0.4, -0.2) is 44.2 Å². The van der Waals surface area contributed by atoms with Crippen LogP contribution in [0.25, 0.3) is 0 Å². The quantitative estimate of drug-likeness (QED) is 0.272. The van der Waals surface area contributed by atoms with Gasteiger partial charge in [0.05, 0.1) is 38.2 Å². The zero-order chi connectivity index (χ0) is 22.1. The van der Waals surface area contributed by atoms with Crippen LogP contribution in [-0.2, 0) is 16.0 Å². The van der Waals surface area contributed by atoms with Gasteiger partial charge in [0.2, 0.25) is 5.91 Å². The van der Waals surface area contributed by atoms with E-state index in [1.54, 1.807) is 6.07 Å². The summed E-state index contributed by atoms with van der Waals surface area (Å²) in [5.74, 6) is -1.32. The molecule has 1 N–H and O–H groups in total. The number of rotatable bonds is 10. The molecule has 0 heterocycles. The molecule has 0 saturated carbocycles. The van der Waals surface area contributed by atoms with Gasteiger partial charge in [0.15, 0.2) is 11.5 Å². The van der Waals surface area contributed by atoms with E-state index in [0.717, 1.165) is 13.2 Å². The number of nitrogens with one attached hydrogen (secondary N) is 1. The smallest absolute Gasteiger partial charge is 0.345 e. The van der Waals surface area contributed by atoms with Crippen molar-refractivity contribution in [3.63, 3.8) is 0 Å². The summed E-state index contributed by atoms with van der Waals surface area (Å²) in [5.41, 5.74) is -0.160. The molecule has 30 heavy (non-hydrogen) atoms. The molecular weight excluding hydrogens is 399 g/mol. The van der Waals surface area contributed by atoms with Crippen molar-refractivity contribution in [2.24, 2.45) is 0 Å². The summed E-state index contributed by atoms with van der Waals surface area (Å²) < 4.78 is 28.4. The largest absolute Gasteiger partial charge is 0.493 e. The Balaban J connectivity index is 1.91. The van der Waals surface area contributed by atoms with Crippen LogP contribution < -0.4 is 14.8 Å². The molecule has 0 aromatic heterocycles. The molecule has 0 fully saturated rings. The van der Waals surface area contributed by atoms with Crippen molar-refractivity contribution in [3.05, 3.63) is 63.5 Å². The highest BCUT2D eigenvalue weighted by Crippen LogP contribution is 2.35. The van der Waals surface area contributed by atoms with Gasteiger partial charge in [0, 0.05) is 12.6 Å². The minimum Gasteiger partial charge on any atom is -0.493 e. The van der Waals surface area contributed by atoms with E-state index in [1.165, 1.54) is 31.4 Å². The van der Waals surface area contributed by atoms with Gasteiger partial charge in [-0.3, -0.25) is 14.9 Å². The number of benzene rings is 2. The fourth-order valence-corrected chi connectivity index (χ4v) is 2.62. The molecule has 0 unspecified atom stereocenters. The fourth-order valence-electron chi connectivity index (χ4n) is 2.62. The number of carbonyl (C=O) groups excluding carboxylic acids is 2. The van der Waals surface area contributed by atoms with Crippen LogP contribution in [0, 0.1) is 15.9 Å². The molecule has 2 aromatic carbocycles. The third-order valence-electron chi connectivity index (χ3n) is 4.04. The van der Waals surface area contributed by atoms with E-state index < -0.39 is 22.4 Å². The average molecular weight is 420 g/mol. The number of hydrogen-bond donors (Lipinski definition) is 1. The molecule has 1 amide bonds. The Morgan fingerprint density at radius 3 is 2.57 bits per heavy atom. The van der Waals surface area contributed by atoms with E-state index in [9.17, 15) is 24.1 Å². The lowest BCUT2D eigenvalue weighted by atomic mass is 10.1. The topological polar surface area (TPSA) is 117 Å². The third kappa shape index (κ3) is 6.16. The molecular formula is C20H21FN2O7. The number of nitro groups is 1. The molecule has 9 nitrogen and oxygen atoms in total.